The first kappa shape index (κ1) is 94.0. The molecule has 0 saturated carbocycles. The lowest BCUT2D eigenvalue weighted by Crippen LogP contribution is -2.30. The van der Waals surface area contributed by atoms with Gasteiger partial charge in [-0.05, 0) is 83.0 Å². The van der Waals surface area contributed by atoms with E-state index in [-0.39, 0.29) is 25.7 Å². The highest BCUT2D eigenvalue weighted by atomic mass is 31.2. The second-order valence-electron chi connectivity index (χ2n) is 27.0. The SMILES string of the molecule is CCCCCC/C=C\C=C/CCCCCCCC(=O)OC[C@H](COP(=O)(O)OC[C@@H](O)COP(=O)(O)OC[C@@H](COC(=O)CCCCCCCCCCC)OC(=O)CCCCCCC/C=C\C=C/CCCCCC)OC(=O)CCCCCCCCCCCCCCCCC(C)CC. The molecule has 0 aromatic heterocycles. The quantitative estimate of drug-likeness (QED) is 0.0169. The van der Waals surface area contributed by atoms with Crippen LogP contribution in [0.25, 0.3) is 0 Å². The van der Waals surface area contributed by atoms with Crippen molar-refractivity contribution in [2.24, 2.45) is 5.92 Å². The van der Waals surface area contributed by atoms with Gasteiger partial charge >= 0.3 is 39.5 Å². The molecule has 6 atom stereocenters. The van der Waals surface area contributed by atoms with Crippen LogP contribution in [0.15, 0.2) is 48.6 Å². The molecule has 97 heavy (non-hydrogen) atoms. The van der Waals surface area contributed by atoms with Crippen molar-refractivity contribution in [2.75, 3.05) is 39.6 Å². The van der Waals surface area contributed by atoms with E-state index in [1.165, 1.54) is 154 Å². The van der Waals surface area contributed by atoms with Crippen LogP contribution >= 0.6 is 15.6 Å². The van der Waals surface area contributed by atoms with Gasteiger partial charge in [-0.2, -0.15) is 0 Å². The average Bonchev–Trinajstić information content (AvgIpc) is 2.46. The zero-order chi connectivity index (χ0) is 71.2. The van der Waals surface area contributed by atoms with Gasteiger partial charge < -0.3 is 33.8 Å². The number of hydrogen-bond acceptors (Lipinski definition) is 15. The number of phosphoric acid groups is 2. The van der Waals surface area contributed by atoms with E-state index in [4.69, 9.17) is 37.0 Å². The summed E-state index contributed by atoms with van der Waals surface area (Å²) in [4.78, 5) is 72.8. The van der Waals surface area contributed by atoms with Crippen LogP contribution in [0.1, 0.15) is 362 Å². The number of ether oxygens (including phenoxy) is 4. The standard InChI is InChI=1S/C78H144O17P2/c1-6-10-13-16-19-22-24-26-28-33-37-42-47-52-57-62-76(81)89-68-74(95-78(83)64-59-54-49-44-39-35-31-30-32-36-41-45-50-55-60-71(5)9-4)70-93-97(86,87)91-66-72(79)65-90-96(84,85)92-69-73(67-88-75(80)61-56-51-46-40-21-18-15-12-8-3)94-77(82)63-58-53-48-43-38-34-29-27-25-23-20-17-14-11-7-2/h22-29,71-74,79H,6-21,30-70H2,1-5H3,(H,84,85)(H,86,87)/b24-22-,25-23-,28-26-,29-27-/t71?,72-,73+,74+/m0/s1. The summed E-state index contributed by atoms with van der Waals surface area (Å²) in [7, 11) is -9.94. The van der Waals surface area contributed by atoms with Crippen LogP contribution in [0.3, 0.4) is 0 Å². The molecular weight excluding hydrogens is 1270 g/mol. The van der Waals surface area contributed by atoms with Gasteiger partial charge in [0.2, 0.25) is 0 Å². The molecule has 0 aliphatic heterocycles. The maximum absolute atomic E-state index is 13.1. The van der Waals surface area contributed by atoms with Crippen molar-refractivity contribution in [1.82, 2.24) is 0 Å². The van der Waals surface area contributed by atoms with Crippen LogP contribution in [-0.2, 0) is 65.4 Å². The molecule has 0 aliphatic carbocycles. The first-order valence-electron chi connectivity index (χ1n) is 39.3. The third kappa shape index (κ3) is 69.9. The summed E-state index contributed by atoms with van der Waals surface area (Å²) in [5.41, 5.74) is 0. The number of unbranched alkanes of at least 4 members (excludes halogenated alkanes) is 39. The van der Waals surface area contributed by atoms with Crippen molar-refractivity contribution in [2.45, 2.75) is 380 Å². The average molecular weight is 1420 g/mol. The molecule has 0 rings (SSSR count). The van der Waals surface area contributed by atoms with Crippen LogP contribution in [0, 0.1) is 5.92 Å². The second kappa shape index (κ2) is 70.1. The molecule has 0 bridgehead atoms. The molecule has 3 N–H and O–H groups in total. The molecule has 0 heterocycles. The first-order chi connectivity index (χ1) is 47.1. The Kier molecular flexibility index (Phi) is 67.9. The smallest absolute Gasteiger partial charge is 0.462 e. The van der Waals surface area contributed by atoms with Gasteiger partial charge in [0.25, 0.3) is 0 Å². The van der Waals surface area contributed by atoms with Crippen molar-refractivity contribution >= 4 is 39.5 Å². The zero-order valence-corrected chi connectivity index (χ0v) is 64.0. The molecule has 0 aromatic rings. The van der Waals surface area contributed by atoms with Crippen LogP contribution in [0.4, 0.5) is 0 Å². The minimum absolute atomic E-state index is 0.0828. The summed E-state index contributed by atoms with van der Waals surface area (Å²) < 4.78 is 68.5. The van der Waals surface area contributed by atoms with E-state index in [9.17, 15) is 43.2 Å². The molecule has 0 saturated heterocycles. The van der Waals surface area contributed by atoms with Crippen LogP contribution < -0.4 is 0 Å². The minimum Gasteiger partial charge on any atom is -0.462 e. The summed E-state index contributed by atoms with van der Waals surface area (Å²) >= 11 is 0. The third-order valence-electron chi connectivity index (χ3n) is 17.4. The predicted molar refractivity (Wildman–Crippen MR) is 395 cm³/mol. The number of phosphoric ester groups is 2. The predicted octanol–water partition coefficient (Wildman–Crippen LogP) is 22.4. The minimum atomic E-state index is -4.97. The summed E-state index contributed by atoms with van der Waals surface area (Å²) in [6.07, 6.45) is 65.3. The molecule has 0 radical (unpaired) electrons. The molecular formula is C78H144O17P2. The highest BCUT2D eigenvalue weighted by Gasteiger charge is 2.30. The van der Waals surface area contributed by atoms with Crippen LogP contribution in [0.2, 0.25) is 0 Å². The van der Waals surface area contributed by atoms with Gasteiger partial charge in [0.15, 0.2) is 12.2 Å². The highest BCUT2D eigenvalue weighted by Crippen LogP contribution is 2.45. The van der Waals surface area contributed by atoms with Gasteiger partial charge in [-0.15, -0.1) is 0 Å². The normalized spacial score (nSPS) is 14.5. The van der Waals surface area contributed by atoms with E-state index < -0.39 is 97.5 Å². The molecule has 3 unspecified atom stereocenters. The van der Waals surface area contributed by atoms with Crippen molar-refractivity contribution in [3.8, 4) is 0 Å². The Morgan fingerprint density at radius 2 is 0.577 bits per heavy atom. The summed E-state index contributed by atoms with van der Waals surface area (Å²) in [5.74, 6) is -1.33. The molecule has 568 valence electrons. The van der Waals surface area contributed by atoms with Crippen LogP contribution in [0.5, 0.6) is 0 Å². The highest BCUT2D eigenvalue weighted by molar-refractivity contribution is 7.47. The molecule has 0 amide bonds. The summed E-state index contributed by atoms with van der Waals surface area (Å²) in [6, 6.07) is 0. The van der Waals surface area contributed by atoms with Crippen molar-refractivity contribution in [3.63, 3.8) is 0 Å². The lowest BCUT2D eigenvalue weighted by molar-refractivity contribution is -0.161. The molecule has 0 aliphatic rings. The third-order valence-corrected chi connectivity index (χ3v) is 19.3. The first-order valence-corrected chi connectivity index (χ1v) is 42.3. The Morgan fingerprint density at radius 3 is 0.876 bits per heavy atom. The van der Waals surface area contributed by atoms with E-state index in [1.54, 1.807) is 0 Å². The van der Waals surface area contributed by atoms with Crippen molar-refractivity contribution in [3.05, 3.63) is 48.6 Å². The maximum atomic E-state index is 13.1. The Hall–Kier alpha value is -2.98. The van der Waals surface area contributed by atoms with Gasteiger partial charge in [0.05, 0.1) is 26.4 Å². The van der Waals surface area contributed by atoms with E-state index in [1.807, 2.05) is 0 Å². The Labute approximate surface area is 591 Å². The Bertz CT molecular complexity index is 2050. The van der Waals surface area contributed by atoms with Crippen LogP contribution in [-0.4, -0.2) is 96.7 Å². The van der Waals surface area contributed by atoms with Crippen molar-refractivity contribution in [1.29, 1.82) is 0 Å². The fourth-order valence-electron chi connectivity index (χ4n) is 10.9. The number of allylic oxidation sites excluding steroid dienone is 8. The fraction of sp³-hybridized carbons (Fsp3) is 0.846. The molecule has 17 nitrogen and oxygen atoms in total. The number of carbonyl (C=O) groups excluding carboxylic acids is 4. The Balaban J connectivity index is 5.30. The topological polar surface area (TPSA) is 237 Å². The largest absolute Gasteiger partial charge is 0.472 e. The lowest BCUT2D eigenvalue weighted by atomic mass is 9.99. The van der Waals surface area contributed by atoms with E-state index in [0.29, 0.717) is 25.7 Å². The molecule has 19 heteroatoms. The van der Waals surface area contributed by atoms with E-state index in [0.717, 1.165) is 128 Å². The molecule has 0 fully saturated rings. The Morgan fingerprint density at radius 1 is 0.330 bits per heavy atom. The molecule has 0 aromatic carbocycles. The summed E-state index contributed by atoms with van der Waals surface area (Å²) in [5, 5.41) is 10.6. The summed E-state index contributed by atoms with van der Waals surface area (Å²) in [6.45, 7) is 7.21. The molecule has 0 spiro atoms. The number of esters is 4. The number of aliphatic hydroxyl groups is 1. The fourth-order valence-corrected chi connectivity index (χ4v) is 12.5. The zero-order valence-electron chi connectivity index (χ0n) is 62.2. The van der Waals surface area contributed by atoms with E-state index >= 15 is 0 Å². The second-order valence-corrected chi connectivity index (χ2v) is 29.9. The van der Waals surface area contributed by atoms with Gasteiger partial charge in [0, 0.05) is 25.7 Å². The van der Waals surface area contributed by atoms with Gasteiger partial charge in [-0.3, -0.25) is 37.3 Å². The van der Waals surface area contributed by atoms with Gasteiger partial charge in [0.1, 0.15) is 19.3 Å². The lowest BCUT2D eigenvalue weighted by Gasteiger charge is -2.21. The van der Waals surface area contributed by atoms with Gasteiger partial charge in [-0.25, -0.2) is 9.13 Å². The number of carbonyl (C=O) groups is 4. The number of aliphatic hydroxyl groups excluding tert-OH is 1. The maximum Gasteiger partial charge on any atom is 0.472 e. The van der Waals surface area contributed by atoms with E-state index in [2.05, 4.69) is 83.2 Å². The van der Waals surface area contributed by atoms with Gasteiger partial charge in [-0.1, -0.05) is 308 Å². The monoisotopic (exact) mass is 1410 g/mol. The number of hydrogen-bond donors (Lipinski definition) is 3. The van der Waals surface area contributed by atoms with Crippen molar-refractivity contribution < 1.29 is 80.2 Å². The number of rotatable bonds is 74.